The van der Waals surface area contributed by atoms with Crippen molar-refractivity contribution in [1.29, 1.82) is 0 Å². The summed E-state index contributed by atoms with van der Waals surface area (Å²) in [6.07, 6.45) is 0. The highest BCUT2D eigenvalue weighted by Gasteiger charge is 2.22. The van der Waals surface area contributed by atoms with Crippen molar-refractivity contribution in [3.05, 3.63) is 71.8 Å². The number of pyridine rings is 1. The van der Waals surface area contributed by atoms with E-state index < -0.39 is 0 Å². The molecule has 2 aromatic carbocycles. The number of hydrogen-bond donors (Lipinski definition) is 0. The van der Waals surface area contributed by atoms with Crippen molar-refractivity contribution in [2.75, 3.05) is 44.7 Å². The fourth-order valence-electron chi connectivity index (χ4n) is 4.31. The summed E-state index contributed by atoms with van der Waals surface area (Å²) < 4.78 is 0. The van der Waals surface area contributed by atoms with E-state index >= 15 is 0 Å². The van der Waals surface area contributed by atoms with E-state index in [1.165, 1.54) is 5.56 Å². The maximum absolute atomic E-state index is 13.3. The first kappa shape index (κ1) is 21.3. The van der Waals surface area contributed by atoms with Gasteiger partial charge in [-0.05, 0) is 23.6 Å². The highest BCUT2D eigenvalue weighted by molar-refractivity contribution is 6.06. The van der Waals surface area contributed by atoms with Crippen LogP contribution in [0.1, 0.15) is 29.8 Å². The maximum atomic E-state index is 13.3. The normalized spacial score (nSPS) is 14.9. The number of carbonyl (C=O) groups excluding carboxylic acids is 1. The van der Waals surface area contributed by atoms with Crippen molar-refractivity contribution in [2.45, 2.75) is 20.4 Å². The number of para-hydroxylation sites is 1. The molecular weight excluding hydrogens is 384 g/mol. The fourth-order valence-corrected chi connectivity index (χ4v) is 4.31. The molecule has 31 heavy (non-hydrogen) atoms. The zero-order valence-electron chi connectivity index (χ0n) is 18.8. The number of carbonyl (C=O) groups is 1. The molecule has 5 heteroatoms. The molecule has 0 radical (unpaired) electrons. The Morgan fingerprint density at radius 2 is 1.68 bits per heavy atom. The van der Waals surface area contributed by atoms with Gasteiger partial charge in [0.2, 0.25) is 0 Å². The van der Waals surface area contributed by atoms with E-state index in [4.69, 9.17) is 4.98 Å². The van der Waals surface area contributed by atoms with Gasteiger partial charge in [-0.15, -0.1) is 0 Å². The van der Waals surface area contributed by atoms with Crippen molar-refractivity contribution in [2.24, 2.45) is 5.92 Å². The van der Waals surface area contributed by atoms with Crippen LogP contribution >= 0.6 is 0 Å². The molecule has 162 valence electrons. The molecule has 0 unspecified atom stereocenters. The van der Waals surface area contributed by atoms with Crippen LogP contribution in [-0.2, 0) is 6.54 Å². The second-order valence-corrected chi connectivity index (χ2v) is 8.87. The maximum Gasteiger partial charge on any atom is 0.254 e. The smallest absolute Gasteiger partial charge is 0.254 e. The number of amides is 1. The number of benzene rings is 2. The average molecular weight is 417 g/mol. The predicted octanol–water partition coefficient (Wildman–Crippen LogP) is 4.29. The number of aromatic nitrogens is 1. The predicted molar refractivity (Wildman–Crippen MR) is 127 cm³/mol. The van der Waals surface area contributed by atoms with Gasteiger partial charge in [0.05, 0.1) is 11.1 Å². The van der Waals surface area contributed by atoms with Crippen LogP contribution in [0.5, 0.6) is 0 Å². The van der Waals surface area contributed by atoms with Crippen LogP contribution in [0.25, 0.3) is 10.9 Å². The molecule has 1 aliphatic heterocycles. The van der Waals surface area contributed by atoms with Crippen molar-refractivity contribution in [3.63, 3.8) is 0 Å². The van der Waals surface area contributed by atoms with Crippen LogP contribution in [0.2, 0.25) is 0 Å². The molecule has 0 N–H and O–H groups in total. The summed E-state index contributed by atoms with van der Waals surface area (Å²) >= 11 is 0. The second kappa shape index (κ2) is 9.48. The third kappa shape index (κ3) is 5.05. The average Bonchev–Trinajstić information content (AvgIpc) is 2.78. The van der Waals surface area contributed by atoms with E-state index in [0.717, 1.165) is 61.6 Å². The summed E-state index contributed by atoms with van der Waals surface area (Å²) in [4.78, 5) is 24.8. The van der Waals surface area contributed by atoms with E-state index in [1.54, 1.807) is 0 Å². The summed E-state index contributed by atoms with van der Waals surface area (Å²) in [6, 6.07) is 20.6. The number of rotatable bonds is 6. The highest BCUT2D eigenvalue weighted by Crippen LogP contribution is 2.25. The van der Waals surface area contributed by atoms with Crippen LogP contribution in [0.3, 0.4) is 0 Å². The van der Waals surface area contributed by atoms with Gasteiger partial charge in [-0.1, -0.05) is 62.4 Å². The van der Waals surface area contributed by atoms with Gasteiger partial charge in [0, 0.05) is 51.7 Å². The van der Waals surface area contributed by atoms with Crippen molar-refractivity contribution in [1.82, 2.24) is 14.8 Å². The monoisotopic (exact) mass is 416 g/mol. The van der Waals surface area contributed by atoms with E-state index in [2.05, 4.69) is 54.0 Å². The zero-order chi connectivity index (χ0) is 21.8. The topological polar surface area (TPSA) is 39.7 Å². The minimum atomic E-state index is 0.0660. The number of hydrogen-bond acceptors (Lipinski definition) is 4. The third-order valence-corrected chi connectivity index (χ3v) is 5.86. The first-order chi connectivity index (χ1) is 15.0. The molecule has 2 heterocycles. The van der Waals surface area contributed by atoms with Crippen LogP contribution in [-0.4, -0.2) is 60.5 Å². The van der Waals surface area contributed by atoms with Gasteiger partial charge in [0.15, 0.2) is 0 Å². The molecule has 1 fully saturated rings. The minimum Gasteiger partial charge on any atom is -0.354 e. The van der Waals surface area contributed by atoms with Gasteiger partial charge in [0.25, 0.3) is 5.91 Å². The Kier molecular flexibility index (Phi) is 6.52. The van der Waals surface area contributed by atoms with Gasteiger partial charge in [-0.25, -0.2) is 4.98 Å². The molecule has 0 spiro atoms. The quantitative estimate of drug-likeness (QED) is 0.601. The van der Waals surface area contributed by atoms with Crippen molar-refractivity contribution in [3.8, 4) is 0 Å². The zero-order valence-corrected chi connectivity index (χ0v) is 18.8. The van der Waals surface area contributed by atoms with Gasteiger partial charge in [-0.3, -0.25) is 9.69 Å². The van der Waals surface area contributed by atoms with Gasteiger partial charge in [-0.2, -0.15) is 0 Å². The lowest BCUT2D eigenvalue weighted by atomic mass is 10.1. The molecule has 3 aromatic rings. The summed E-state index contributed by atoms with van der Waals surface area (Å²) in [5.74, 6) is 1.40. The van der Waals surface area contributed by atoms with E-state index in [-0.39, 0.29) is 5.91 Å². The fraction of sp³-hybridized carbons (Fsp3) is 0.385. The lowest BCUT2D eigenvalue weighted by Crippen LogP contribution is -2.46. The van der Waals surface area contributed by atoms with E-state index in [1.807, 2.05) is 42.3 Å². The molecule has 0 atom stereocenters. The van der Waals surface area contributed by atoms with Crippen LogP contribution in [0.4, 0.5) is 5.82 Å². The Bertz CT molecular complexity index is 1030. The molecule has 1 aliphatic rings. The molecule has 0 aliphatic carbocycles. The Balaban J connectivity index is 1.54. The van der Waals surface area contributed by atoms with Gasteiger partial charge in [0.1, 0.15) is 5.82 Å². The number of nitrogens with zero attached hydrogens (tertiary/aromatic N) is 4. The molecule has 1 amide bonds. The molecular formula is C26H32N4O. The minimum absolute atomic E-state index is 0.0660. The summed E-state index contributed by atoms with van der Waals surface area (Å²) in [5, 5.41) is 0.926. The Morgan fingerprint density at radius 1 is 1.00 bits per heavy atom. The highest BCUT2D eigenvalue weighted by atomic mass is 16.2. The van der Waals surface area contributed by atoms with Crippen molar-refractivity contribution >= 4 is 22.6 Å². The standard InChI is InChI=1S/C26H32N4O/c1-20(2)18-28(3)26(31)23-17-25(27-24-12-8-7-11-22(23)24)30-15-13-29(14-16-30)19-21-9-5-4-6-10-21/h4-12,17,20H,13-16,18-19H2,1-3H3. The molecule has 1 aromatic heterocycles. The van der Waals surface area contributed by atoms with Crippen LogP contribution in [0.15, 0.2) is 60.7 Å². The third-order valence-electron chi connectivity index (χ3n) is 5.86. The molecule has 4 rings (SSSR count). The van der Waals surface area contributed by atoms with Gasteiger partial charge < -0.3 is 9.80 Å². The van der Waals surface area contributed by atoms with Gasteiger partial charge >= 0.3 is 0 Å². The van der Waals surface area contributed by atoms with Crippen LogP contribution in [0, 0.1) is 5.92 Å². The van der Waals surface area contributed by atoms with Crippen LogP contribution < -0.4 is 4.90 Å². The molecule has 0 bridgehead atoms. The Labute approximate surface area is 185 Å². The first-order valence-corrected chi connectivity index (χ1v) is 11.2. The molecule has 5 nitrogen and oxygen atoms in total. The van der Waals surface area contributed by atoms with E-state index in [9.17, 15) is 4.79 Å². The second-order valence-electron chi connectivity index (χ2n) is 8.87. The molecule has 0 saturated carbocycles. The lowest BCUT2D eigenvalue weighted by Gasteiger charge is -2.35. The summed E-state index contributed by atoms with van der Waals surface area (Å²) in [6.45, 7) is 9.78. The number of fused-ring (bicyclic) bond motifs is 1. The SMILES string of the molecule is CC(C)CN(C)C(=O)c1cc(N2CCN(Cc3ccccc3)CC2)nc2ccccc12. The lowest BCUT2D eigenvalue weighted by molar-refractivity contribution is 0.0781. The Hall–Kier alpha value is -2.92. The van der Waals surface area contributed by atoms with Crippen molar-refractivity contribution < 1.29 is 4.79 Å². The summed E-state index contributed by atoms with van der Waals surface area (Å²) in [5.41, 5.74) is 2.98. The number of anilines is 1. The largest absolute Gasteiger partial charge is 0.354 e. The summed E-state index contributed by atoms with van der Waals surface area (Å²) in [7, 11) is 1.89. The van der Waals surface area contributed by atoms with E-state index in [0.29, 0.717) is 5.92 Å². The first-order valence-electron chi connectivity index (χ1n) is 11.2. The molecule has 1 saturated heterocycles. The number of piperazine rings is 1. The Morgan fingerprint density at radius 3 is 2.39 bits per heavy atom.